The number of rotatable bonds is 9. The second kappa shape index (κ2) is 12.2. The topological polar surface area (TPSA) is 78.9 Å². The first-order chi connectivity index (χ1) is 17.4. The first-order valence-electron chi connectivity index (χ1n) is 13.2. The van der Waals surface area contributed by atoms with Gasteiger partial charge in [0.05, 0.1) is 19.3 Å². The van der Waals surface area contributed by atoms with Crippen LogP contribution in [0.1, 0.15) is 46.0 Å². The monoisotopic (exact) mass is 493 g/mol. The maximum absolute atomic E-state index is 13.2. The molecule has 1 saturated carbocycles. The molecule has 0 spiro atoms. The van der Waals surface area contributed by atoms with Crippen LogP contribution in [0.15, 0.2) is 36.4 Å². The van der Waals surface area contributed by atoms with Crippen molar-refractivity contribution in [1.82, 2.24) is 20.0 Å². The molecule has 1 aromatic heterocycles. The van der Waals surface area contributed by atoms with Crippen molar-refractivity contribution in [1.29, 1.82) is 0 Å². The van der Waals surface area contributed by atoms with Crippen LogP contribution < -0.4 is 9.64 Å². The molecule has 2 amide bonds. The summed E-state index contributed by atoms with van der Waals surface area (Å²) in [5.74, 6) is 2.43. The SMILES string of the molecule is COc1cccc(-c2ccc(N3CCCN(C(=O)CN(CCC(C)C)C(=O)C4CCC4)CC3)nn2)c1. The third kappa shape index (κ3) is 6.53. The Labute approximate surface area is 214 Å². The normalized spacial score (nSPS) is 16.4. The number of nitrogens with zero attached hydrogens (tertiary/aromatic N) is 5. The fraction of sp³-hybridized carbons (Fsp3) is 0.571. The molecule has 4 rings (SSSR count). The molecule has 0 unspecified atom stereocenters. The van der Waals surface area contributed by atoms with Gasteiger partial charge in [-0.25, -0.2) is 0 Å². The van der Waals surface area contributed by atoms with Crippen LogP contribution >= 0.6 is 0 Å². The highest BCUT2D eigenvalue weighted by atomic mass is 16.5. The van der Waals surface area contributed by atoms with Crippen molar-refractivity contribution in [2.24, 2.45) is 11.8 Å². The third-order valence-electron chi connectivity index (χ3n) is 7.26. The average molecular weight is 494 g/mol. The summed E-state index contributed by atoms with van der Waals surface area (Å²) in [6, 6.07) is 11.7. The van der Waals surface area contributed by atoms with E-state index in [1.807, 2.05) is 46.2 Å². The van der Waals surface area contributed by atoms with Crippen molar-refractivity contribution in [3.05, 3.63) is 36.4 Å². The Morgan fingerprint density at radius 2 is 1.89 bits per heavy atom. The molecule has 1 aromatic carbocycles. The summed E-state index contributed by atoms with van der Waals surface area (Å²) in [6.07, 6.45) is 4.81. The van der Waals surface area contributed by atoms with Gasteiger partial charge in [-0.15, -0.1) is 10.2 Å². The summed E-state index contributed by atoms with van der Waals surface area (Å²) in [6.45, 7) is 7.99. The van der Waals surface area contributed by atoms with Gasteiger partial charge in [-0.2, -0.15) is 0 Å². The molecule has 0 atom stereocenters. The van der Waals surface area contributed by atoms with Gasteiger partial charge in [0, 0.05) is 44.2 Å². The summed E-state index contributed by atoms with van der Waals surface area (Å²) in [4.78, 5) is 32.1. The molecule has 2 aliphatic rings. The minimum absolute atomic E-state index is 0.0488. The first-order valence-corrected chi connectivity index (χ1v) is 13.2. The van der Waals surface area contributed by atoms with Crippen LogP contribution in [0.2, 0.25) is 0 Å². The van der Waals surface area contributed by atoms with E-state index in [1.54, 1.807) is 7.11 Å². The number of ether oxygens (including phenoxy) is 1. The van der Waals surface area contributed by atoms with E-state index in [1.165, 1.54) is 0 Å². The molecule has 1 saturated heterocycles. The van der Waals surface area contributed by atoms with Crippen molar-refractivity contribution >= 4 is 17.6 Å². The summed E-state index contributed by atoms with van der Waals surface area (Å²) in [5, 5.41) is 8.91. The highest BCUT2D eigenvalue weighted by molar-refractivity contribution is 5.86. The van der Waals surface area contributed by atoms with Crippen molar-refractivity contribution in [3.63, 3.8) is 0 Å². The van der Waals surface area contributed by atoms with Crippen LogP contribution in [-0.2, 0) is 9.59 Å². The molecule has 1 aliphatic heterocycles. The smallest absolute Gasteiger partial charge is 0.242 e. The van der Waals surface area contributed by atoms with Gasteiger partial charge in [-0.1, -0.05) is 32.4 Å². The maximum Gasteiger partial charge on any atom is 0.242 e. The lowest BCUT2D eigenvalue weighted by molar-refractivity contribution is -0.144. The van der Waals surface area contributed by atoms with Crippen LogP contribution in [0.3, 0.4) is 0 Å². The van der Waals surface area contributed by atoms with E-state index in [0.717, 1.165) is 61.5 Å². The Hall–Kier alpha value is -3.16. The molecule has 2 heterocycles. The van der Waals surface area contributed by atoms with Crippen molar-refractivity contribution in [3.8, 4) is 17.0 Å². The van der Waals surface area contributed by atoms with Gasteiger partial charge in [0.25, 0.3) is 0 Å². The fourth-order valence-corrected chi connectivity index (χ4v) is 4.68. The van der Waals surface area contributed by atoms with Crippen LogP contribution in [0.4, 0.5) is 5.82 Å². The highest BCUT2D eigenvalue weighted by Gasteiger charge is 2.31. The zero-order valence-corrected chi connectivity index (χ0v) is 21.9. The summed E-state index contributed by atoms with van der Waals surface area (Å²) in [7, 11) is 1.65. The number of amides is 2. The predicted octanol–water partition coefficient (Wildman–Crippen LogP) is 3.87. The summed E-state index contributed by atoms with van der Waals surface area (Å²) >= 11 is 0. The van der Waals surface area contributed by atoms with Crippen molar-refractivity contribution < 1.29 is 14.3 Å². The molecule has 2 aromatic rings. The molecule has 0 N–H and O–H groups in total. The Kier molecular flexibility index (Phi) is 8.78. The van der Waals surface area contributed by atoms with Crippen LogP contribution in [0, 0.1) is 11.8 Å². The zero-order chi connectivity index (χ0) is 25.5. The van der Waals surface area contributed by atoms with E-state index in [2.05, 4.69) is 28.9 Å². The molecule has 8 heteroatoms. The second-order valence-electron chi connectivity index (χ2n) is 10.3. The standard InChI is InChI=1S/C28H39N5O3/c1-21(2)13-16-33(28(35)22-7-4-8-22)20-27(34)32-15-6-14-31(17-18-32)26-12-11-25(29-30-26)23-9-5-10-24(19-23)36-3/h5,9-12,19,21-22H,4,6-8,13-18,20H2,1-3H3. The first kappa shape index (κ1) is 25.9. The number of carbonyl (C=O) groups excluding carboxylic acids is 2. The van der Waals surface area contributed by atoms with E-state index in [4.69, 9.17) is 4.74 Å². The van der Waals surface area contributed by atoms with Gasteiger partial charge in [0.15, 0.2) is 5.82 Å². The number of benzene rings is 1. The van der Waals surface area contributed by atoms with Gasteiger partial charge in [-0.3, -0.25) is 9.59 Å². The van der Waals surface area contributed by atoms with Crippen LogP contribution in [0.5, 0.6) is 5.75 Å². The molecular formula is C28H39N5O3. The molecular weight excluding hydrogens is 454 g/mol. The van der Waals surface area contributed by atoms with Gasteiger partial charge in [-0.05, 0) is 55.9 Å². The maximum atomic E-state index is 13.2. The van der Waals surface area contributed by atoms with Gasteiger partial charge in [0.1, 0.15) is 5.75 Å². The van der Waals surface area contributed by atoms with Gasteiger partial charge < -0.3 is 19.4 Å². The Morgan fingerprint density at radius 3 is 2.56 bits per heavy atom. The largest absolute Gasteiger partial charge is 0.497 e. The van der Waals surface area contributed by atoms with E-state index >= 15 is 0 Å². The Morgan fingerprint density at radius 1 is 1.06 bits per heavy atom. The number of anilines is 1. The Bertz CT molecular complexity index is 1020. The molecule has 0 bridgehead atoms. The quantitative estimate of drug-likeness (QED) is 0.528. The highest BCUT2D eigenvalue weighted by Crippen LogP contribution is 2.28. The Balaban J connectivity index is 1.35. The molecule has 194 valence electrons. The van der Waals surface area contributed by atoms with Crippen molar-refractivity contribution in [2.75, 3.05) is 51.3 Å². The average Bonchev–Trinajstić information content (AvgIpc) is 3.12. The number of hydrogen-bond acceptors (Lipinski definition) is 6. The van der Waals surface area contributed by atoms with E-state index in [0.29, 0.717) is 32.1 Å². The molecule has 0 radical (unpaired) electrons. The van der Waals surface area contributed by atoms with Crippen molar-refractivity contribution in [2.45, 2.75) is 46.0 Å². The van der Waals surface area contributed by atoms with Gasteiger partial charge >= 0.3 is 0 Å². The lowest BCUT2D eigenvalue weighted by Gasteiger charge is -2.33. The lowest BCUT2D eigenvalue weighted by atomic mass is 9.84. The van der Waals surface area contributed by atoms with E-state index < -0.39 is 0 Å². The number of methoxy groups -OCH3 is 1. The number of aromatic nitrogens is 2. The summed E-state index contributed by atoms with van der Waals surface area (Å²) in [5.41, 5.74) is 1.75. The second-order valence-corrected chi connectivity index (χ2v) is 10.3. The minimum Gasteiger partial charge on any atom is -0.497 e. The van der Waals surface area contributed by atoms with Crippen LogP contribution in [0.25, 0.3) is 11.3 Å². The summed E-state index contributed by atoms with van der Waals surface area (Å²) < 4.78 is 5.31. The predicted molar refractivity (Wildman–Crippen MR) is 141 cm³/mol. The van der Waals surface area contributed by atoms with E-state index in [9.17, 15) is 9.59 Å². The van der Waals surface area contributed by atoms with E-state index in [-0.39, 0.29) is 24.3 Å². The number of hydrogen-bond donors (Lipinski definition) is 0. The molecule has 1 aliphatic carbocycles. The van der Waals surface area contributed by atoms with Crippen LogP contribution in [-0.4, -0.2) is 78.2 Å². The zero-order valence-electron chi connectivity index (χ0n) is 21.9. The minimum atomic E-state index is 0.0488. The molecule has 36 heavy (non-hydrogen) atoms. The number of carbonyl (C=O) groups is 2. The third-order valence-corrected chi connectivity index (χ3v) is 7.26. The van der Waals surface area contributed by atoms with Gasteiger partial charge in [0.2, 0.25) is 11.8 Å². The molecule has 2 fully saturated rings. The molecule has 8 nitrogen and oxygen atoms in total. The fourth-order valence-electron chi connectivity index (χ4n) is 4.68. The lowest BCUT2D eigenvalue weighted by Crippen LogP contribution is -2.47.